The van der Waals surface area contributed by atoms with Crippen molar-refractivity contribution < 1.29 is 4.74 Å². The van der Waals surface area contributed by atoms with Crippen molar-refractivity contribution in [2.24, 2.45) is 0 Å². The van der Waals surface area contributed by atoms with Gasteiger partial charge in [-0.2, -0.15) is 0 Å². The van der Waals surface area contributed by atoms with Crippen molar-refractivity contribution in [2.45, 2.75) is 19.9 Å². The van der Waals surface area contributed by atoms with Crippen LogP contribution in [0.3, 0.4) is 0 Å². The van der Waals surface area contributed by atoms with Gasteiger partial charge in [-0.25, -0.2) is 4.98 Å². The molecule has 0 aliphatic rings. The van der Waals surface area contributed by atoms with Crippen molar-refractivity contribution in [1.29, 1.82) is 0 Å². The molecular formula is C13H15BrN2OS. The number of anilines is 1. The molecular weight excluding hydrogens is 312 g/mol. The topological polar surface area (TPSA) is 34.2 Å². The summed E-state index contributed by atoms with van der Waals surface area (Å²) < 4.78 is 6.35. The largest absolute Gasteiger partial charge is 0.495 e. The van der Waals surface area contributed by atoms with Crippen LogP contribution in [0, 0.1) is 0 Å². The molecule has 0 aliphatic carbocycles. The number of nitrogens with zero attached hydrogens (tertiary/aromatic N) is 1. The minimum atomic E-state index is 0.768. The van der Waals surface area contributed by atoms with Crippen LogP contribution in [-0.2, 0) is 13.0 Å². The number of ether oxygens (including phenoxy) is 1. The molecule has 0 atom stereocenters. The number of hydrogen-bond donors (Lipinski definition) is 1. The number of halogens is 1. The molecule has 0 saturated heterocycles. The van der Waals surface area contributed by atoms with E-state index >= 15 is 0 Å². The number of nitrogens with one attached hydrogen (secondary N) is 1. The number of thiazole rings is 1. The fourth-order valence-corrected chi connectivity index (χ4v) is 2.76. The van der Waals surface area contributed by atoms with Crippen LogP contribution in [0.1, 0.15) is 16.8 Å². The summed E-state index contributed by atoms with van der Waals surface area (Å²) in [6.07, 6.45) is 2.92. The van der Waals surface area contributed by atoms with Crippen molar-refractivity contribution in [3.63, 3.8) is 0 Å². The predicted octanol–water partition coefficient (Wildman–Crippen LogP) is 4.09. The summed E-state index contributed by atoms with van der Waals surface area (Å²) in [7, 11) is 1.68. The van der Waals surface area contributed by atoms with Crippen LogP contribution in [0.15, 0.2) is 28.9 Å². The molecule has 0 aliphatic heterocycles. The highest BCUT2D eigenvalue weighted by Crippen LogP contribution is 2.28. The first-order valence-electron chi connectivity index (χ1n) is 5.74. The van der Waals surface area contributed by atoms with Gasteiger partial charge in [-0.15, -0.1) is 11.3 Å². The first kappa shape index (κ1) is 13.4. The van der Waals surface area contributed by atoms with Crippen LogP contribution in [-0.4, -0.2) is 12.1 Å². The molecule has 1 heterocycles. The van der Waals surface area contributed by atoms with Gasteiger partial charge in [0, 0.05) is 15.5 Å². The fourth-order valence-electron chi connectivity index (χ4n) is 1.59. The summed E-state index contributed by atoms with van der Waals surface area (Å²) in [5.41, 5.74) is 0.985. The van der Waals surface area contributed by atoms with Gasteiger partial charge in [-0.1, -0.05) is 22.9 Å². The van der Waals surface area contributed by atoms with E-state index < -0.39 is 0 Å². The normalized spacial score (nSPS) is 10.4. The third-order valence-corrected chi connectivity index (χ3v) is 4.15. The molecule has 5 heteroatoms. The van der Waals surface area contributed by atoms with Crippen molar-refractivity contribution in [3.8, 4) is 5.75 Å². The first-order chi connectivity index (χ1) is 8.72. The Morgan fingerprint density at radius 1 is 1.44 bits per heavy atom. The predicted molar refractivity (Wildman–Crippen MR) is 79.5 cm³/mol. The zero-order valence-electron chi connectivity index (χ0n) is 10.4. The van der Waals surface area contributed by atoms with Crippen LogP contribution in [0.2, 0.25) is 0 Å². The molecule has 0 radical (unpaired) electrons. The number of methoxy groups -OCH3 is 1. The van der Waals surface area contributed by atoms with Gasteiger partial charge in [0.15, 0.2) is 0 Å². The van der Waals surface area contributed by atoms with Crippen molar-refractivity contribution >= 4 is 33.0 Å². The maximum absolute atomic E-state index is 5.32. The third-order valence-electron chi connectivity index (χ3n) is 2.52. The lowest BCUT2D eigenvalue weighted by atomic mass is 10.3. The lowest BCUT2D eigenvalue weighted by molar-refractivity contribution is 0.416. The Morgan fingerprint density at radius 2 is 2.28 bits per heavy atom. The first-order valence-corrected chi connectivity index (χ1v) is 7.35. The Balaban J connectivity index is 2.07. The molecule has 1 aromatic heterocycles. The van der Waals surface area contributed by atoms with Gasteiger partial charge in [0.2, 0.25) is 0 Å². The highest BCUT2D eigenvalue weighted by molar-refractivity contribution is 9.10. The molecule has 3 nitrogen and oxygen atoms in total. The molecule has 0 unspecified atom stereocenters. The van der Waals surface area contributed by atoms with E-state index in [4.69, 9.17) is 4.74 Å². The summed E-state index contributed by atoms with van der Waals surface area (Å²) in [6.45, 7) is 2.89. The zero-order valence-corrected chi connectivity index (χ0v) is 12.8. The van der Waals surface area contributed by atoms with Gasteiger partial charge in [-0.3, -0.25) is 0 Å². The monoisotopic (exact) mass is 326 g/mol. The second kappa shape index (κ2) is 6.20. The van der Waals surface area contributed by atoms with Gasteiger partial charge >= 0.3 is 0 Å². The van der Waals surface area contributed by atoms with E-state index in [1.165, 1.54) is 9.88 Å². The maximum Gasteiger partial charge on any atom is 0.142 e. The zero-order chi connectivity index (χ0) is 13.0. The molecule has 1 aromatic carbocycles. The smallest absolute Gasteiger partial charge is 0.142 e. The van der Waals surface area contributed by atoms with Gasteiger partial charge in [0.05, 0.1) is 24.3 Å². The summed E-state index contributed by atoms with van der Waals surface area (Å²) in [5, 5.41) is 4.55. The highest BCUT2D eigenvalue weighted by Gasteiger charge is 2.05. The lowest BCUT2D eigenvalue weighted by Crippen LogP contribution is -1.99. The lowest BCUT2D eigenvalue weighted by Gasteiger charge is -2.10. The van der Waals surface area contributed by atoms with Gasteiger partial charge in [0.1, 0.15) is 5.75 Å². The fraction of sp³-hybridized carbons (Fsp3) is 0.308. The molecule has 0 fully saturated rings. The molecule has 0 bridgehead atoms. The van der Waals surface area contributed by atoms with E-state index in [1.54, 1.807) is 18.4 Å². The number of benzene rings is 1. The maximum atomic E-state index is 5.32. The van der Waals surface area contributed by atoms with Gasteiger partial charge in [0.25, 0.3) is 0 Å². The highest BCUT2D eigenvalue weighted by atomic mass is 79.9. The average Bonchev–Trinajstić information content (AvgIpc) is 2.84. The minimum absolute atomic E-state index is 0.768. The number of aromatic nitrogens is 1. The molecule has 0 amide bonds. The molecule has 0 spiro atoms. The van der Waals surface area contributed by atoms with E-state index in [-0.39, 0.29) is 0 Å². The molecule has 1 N–H and O–H groups in total. The van der Waals surface area contributed by atoms with Crippen LogP contribution < -0.4 is 10.1 Å². The van der Waals surface area contributed by atoms with Crippen LogP contribution in [0.25, 0.3) is 0 Å². The summed E-state index contributed by atoms with van der Waals surface area (Å²) in [6, 6.07) is 5.92. The van der Waals surface area contributed by atoms with Gasteiger partial charge < -0.3 is 10.1 Å². The second-order valence-electron chi connectivity index (χ2n) is 3.77. The van der Waals surface area contributed by atoms with Crippen LogP contribution >= 0.6 is 27.3 Å². The number of aryl methyl sites for hydroxylation is 1. The summed E-state index contributed by atoms with van der Waals surface area (Å²) in [4.78, 5) is 5.58. The van der Waals surface area contributed by atoms with E-state index in [0.717, 1.165) is 28.9 Å². The van der Waals surface area contributed by atoms with E-state index in [1.807, 2.05) is 24.4 Å². The molecule has 2 aromatic rings. The summed E-state index contributed by atoms with van der Waals surface area (Å²) in [5.74, 6) is 0.846. The van der Waals surface area contributed by atoms with Crippen molar-refractivity contribution in [3.05, 3.63) is 38.8 Å². The standard InChI is InChI=1S/C13H15BrN2OS/c1-3-13-16-8-10(18-13)7-15-11-6-9(14)4-5-12(11)17-2/h4-6,8,15H,3,7H2,1-2H3. The average molecular weight is 327 g/mol. The Labute approximate surface area is 119 Å². The van der Waals surface area contributed by atoms with E-state index in [2.05, 4.69) is 33.2 Å². The van der Waals surface area contributed by atoms with E-state index in [0.29, 0.717) is 0 Å². The van der Waals surface area contributed by atoms with Crippen molar-refractivity contribution in [2.75, 3.05) is 12.4 Å². The molecule has 2 rings (SSSR count). The minimum Gasteiger partial charge on any atom is -0.495 e. The second-order valence-corrected chi connectivity index (χ2v) is 5.89. The quantitative estimate of drug-likeness (QED) is 0.898. The van der Waals surface area contributed by atoms with Crippen LogP contribution in [0.5, 0.6) is 5.75 Å². The Hall–Kier alpha value is -1.07. The molecule has 96 valence electrons. The Kier molecular flexibility index (Phi) is 4.60. The van der Waals surface area contributed by atoms with E-state index in [9.17, 15) is 0 Å². The van der Waals surface area contributed by atoms with Crippen molar-refractivity contribution in [1.82, 2.24) is 4.98 Å². The Bertz CT molecular complexity index is 527. The number of rotatable bonds is 5. The Morgan fingerprint density at radius 3 is 2.94 bits per heavy atom. The number of hydrogen-bond acceptors (Lipinski definition) is 4. The summed E-state index contributed by atoms with van der Waals surface area (Å²) >= 11 is 5.21. The molecule has 0 saturated carbocycles. The third kappa shape index (κ3) is 3.23. The SMILES string of the molecule is CCc1ncc(CNc2cc(Br)ccc2OC)s1. The van der Waals surface area contributed by atoms with Crippen LogP contribution in [0.4, 0.5) is 5.69 Å². The van der Waals surface area contributed by atoms with Gasteiger partial charge in [-0.05, 0) is 24.6 Å². The molecule has 18 heavy (non-hydrogen) atoms.